The molecule has 2 rings (SSSR count). The number of nitrogens with zero attached hydrogens (tertiary/aromatic N) is 2. The molecule has 16 heavy (non-hydrogen) atoms. The summed E-state index contributed by atoms with van der Waals surface area (Å²) in [7, 11) is 1.79. The molecule has 0 radical (unpaired) electrons. The highest BCUT2D eigenvalue weighted by Gasteiger charge is 2.43. The SMILES string of the molecule is COCC1CCN(CC2(CC#N)CC2)CC1. The summed E-state index contributed by atoms with van der Waals surface area (Å²) in [5, 5.41) is 8.80. The fourth-order valence-electron chi connectivity index (χ4n) is 2.76. The van der Waals surface area contributed by atoms with Crippen LogP contribution in [0.5, 0.6) is 0 Å². The maximum atomic E-state index is 8.80. The van der Waals surface area contributed by atoms with Crippen molar-refractivity contribution in [3.05, 3.63) is 0 Å². The van der Waals surface area contributed by atoms with E-state index in [1.165, 1.54) is 38.8 Å². The fourth-order valence-corrected chi connectivity index (χ4v) is 2.76. The molecule has 2 aliphatic rings. The second-order valence-electron chi connectivity index (χ2n) is 5.51. The summed E-state index contributed by atoms with van der Waals surface area (Å²) in [6.07, 6.45) is 5.80. The molecule has 1 aliphatic carbocycles. The van der Waals surface area contributed by atoms with E-state index in [1.807, 2.05) is 0 Å². The predicted octanol–water partition coefficient (Wildman–Crippen LogP) is 2.04. The van der Waals surface area contributed by atoms with Crippen LogP contribution in [0.15, 0.2) is 0 Å². The van der Waals surface area contributed by atoms with Crippen molar-refractivity contribution in [2.75, 3.05) is 33.4 Å². The first-order chi connectivity index (χ1) is 7.78. The van der Waals surface area contributed by atoms with Crippen LogP contribution in [0.1, 0.15) is 32.1 Å². The lowest BCUT2D eigenvalue weighted by Crippen LogP contribution is -2.38. The third-order valence-corrected chi connectivity index (χ3v) is 4.08. The van der Waals surface area contributed by atoms with Gasteiger partial charge in [-0.3, -0.25) is 0 Å². The Kier molecular flexibility index (Phi) is 3.83. The van der Waals surface area contributed by atoms with E-state index in [9.17, 15) is 0 Å². The molecule has 1 aliphatic heterocycles. The van der Waals surface area contributed by atoms with Crippen LogP contribution in [0.3, 0.4) is 0 Å². The summed E-state index contributed by atoms with van der Waals surface area (Å²) in [6.45, 7) is 4.46. The summed E-state index contributed by atoms with van der Waals surface area (Å²) in [5.41, 5.74) is 0.378. The first kappa shape index (κ1) is 11.9. The third-order valence-electron chi connectivity index (χ3n) is 4.08. The van der Waals surface area contributed by atoms with E-state index in [0.29, 0.717) is 5.41 Å². The summed E-state index contributed by atoms with van der Waals surface area (Å²) in [5.74, 6) is 0.757. The number of hydrogen-bond acceptors (Lipinski definition) is 3. The highest BCUT2D eigenvalue weighted by Crippen LogP contribution is 2.49. The lowest BCUT2D eigenvalue weighted by Gasteiger charge is -2.33. The highest BCUT2D eigenvalue weighted by molar-refractivity contribution is 5.01. The monoisotopic (exact) mass is 222 g/mol. The Morgan fingerprint density at radius 2 is 2.06 bits per heavy atom. The molecule has 0 atom stereocenters. The fraction of sp³-hybridized carbons (Fsp3) is 0.923. The van der Waals surface area contributed by atoms with Crippen molar-refractivity contribution in [2.45, 2.75) is 32.1 Å². The van der Waals surface area contributed by atoms with Crippen molar-refractivity contribution in [1.29, 1.82) is 5.26 Å². The Morgan fingerprint density at radius 3 is 2.56 bits per heavy atom. The zero-order valence-electron chi connectivity index (χ0n) is 10.2. The minimum Gasteiger partial charge on any atom is -0.384 e. The topological polar surface area (TPSA) is 36.3 Å². The Labute approximate surface area is 98.4 Å². The van der Waals surface area contributed by atoms with Crippen LogP contribution in [0.25, 0.3) is 0 Å². The van der Waals surface area contributed by atoms with Crippen LogP contribution in [-0.2, 0) is 4.74 Å². The minimum absolute atomic E-state index is 0.378. The van der Waals surface area contributed by atoms with E-state index in [4.69, 9.17) is 10.00 Å². The van der Waals surface area contributed by atoms with Gasteiger partial charge < -0.3 is 9.64 Å². The number of ether oxygens (including phenoxy) is 1. The molecule has 1 saturated carbocycles. The molecule has 3 heteroatoms. The number of piperidine rings is 1. The van der Waals surface area contributed by atoms with E-state index in [-0.39, 0.29) is 0 Å². The van der Waals surface area contributed by atoms with E-state index >= 15 is 0 Å². The van der Waals surface area contributed by atoms with Gasteiger partial charge in [-0.1, -0.05) is 0 Å². The van der Waals surface area contributed by atoms with E-state index in [2.05, 4.69) is 11.0 Å². The molecule has 0 unspecified atom stereocenters. The molecule has 0 aromatic heterocycles. The van der Waals surface area contributed by atoms with E-state index in [1.54, 1.807) is 7.11 Å². The van der Waals surface area contributed by atoms with Crippen molar-refractivity contribution in [1.82, 2.24) is 4.90 Å². The Bertz CT molecular complexity index is 260. The molecule has 3 nitrogen and oxygen atoms in total. The van der Waals surface area contributed by atoms with Gasteiger partial charge in [0.2, 0.25) is 0 Å². The van der Waals surface area contributed by atoms with Gasteiger partial charge in [-0.15, -0.1) is 0 Å². The average Bonchev–Trinajstić information content (AvgIpc) is 3.02. The zero-order chi connectivity index (χ0) is 11.4. The second kappa shape index (κ2) is 5.16. The van der Waals surface area contributed by atoms with E-state index in [0.717, 1.165) is 25.5 Å². The summed E-state index contributed by atoms with van der Waals surface area (Å²) >= 11 is 0. The van der Waals surface area contributed by atoms with Crippen molar-refractivity contribution in [2.24, 2.45) is 11.3 Å². The Hall–Kier alpha value is -0.590. The Balaban J connectivity index is 1.71. The molecule has 90 valence electrons. The van der Waals surface area contributed by atoms with Crippen LogP contribution in [0.4, 0.5) is 0 Å². The molecule has 0 spiro atoms. The predicted molar refractivity (Wildman–Crippen MR) is 62.9 cm³/mol. The molecule has 0 N–H and O–H groups in total. The average molecular weight is 222 g/mol. The van der Waals surface area contributed by atoms with E-state index < -0.39 is 0 Å². The van der Waals surface area contributed by atoms with Crippen LogP contribution in [-0.4, -0.2) is 38.3 Å². The normalized spacial score (nSPS) is 25.2. The smallest absolute Gasteiger partial charge is 0.0628 e. The number of nitriles is 1. The minimum atomic E-state index is 0.378. The second-order valence-corrected chi connectivity index (χ2v) is 5.51. The molecule has 0 bridgehead atoms. The maximum Gasteiger partial charge on any atom is 0.0628 e. The first-order valence-electron chi connectivity index (χ1n) is 6.36. The summed E-state index contributed by atoms with van der Waals surface area (Å²) < 4.78 is 5.21. The molecule has 0 aromatic rings. The Morgan fingerprint density at radius 1 is 1.38 bits per heavy atom. The number of rotatable bonds is 5. The van der Waals surface area contributed by atoms with Gasteiger partial charge >= 0.3 is 0 Å². The van der Waals surface area contributed by atoms with Gasteiger partial charge in [0.05, 0.1) is 6.07 Å². The lowest BCUT2D eigenvalue weighted by atomic mass is 9.95. The van der Waals surface area contributed by atoms with Gasteiger partial charge in [0, 0.05) is 26.7 Å². The molecular weight excluding hydrogens is 200 g/mol. The van der Waals surface area contributed by atoms with Gasteiger partial charge in [0.15, 0.2) is 0 Å². The number of likely N-dealkylation sites (tertiary alicyclic amines) is 1. The molecular formula is C13H22N2O. The standard InChI is InChI=1S/C13H22N2O/c1-16-10-12-2-8-15(9-3-12)11-13(4-5-13)6-7-14/h12H,2-6,8-11H2,1H3. The molecule has 1 saturated heterocycles. The maximum absolute atomic E-state index is 8.80. The van der Waals surface area contributed by atoms with Crippen LogP contribution in [0, 0.1) is 22.7 Å². The van der Waals surface area contributed by atoms with Gasteiger partial charge in [-0.25, -0.2) is 0 Å². The summed E-state index contributed by atoms with van der Waals surface area (Å²) in [4.78, 5) is 2.55. The first-order valence-corrected chi connectivity index (χ1v) is 6.36. The quantitative estimate of drug-likeness (QED) is 0.714. The molecule has 0 amide bonds. The third kappa shape index (κ3) is 2.96. The lowest BCUT2D eigenvalue weighted by molar-refractivity contribution is 0.0905. The van der Waals surface area contributed by atoms with Gasteiger partial charge in [0.1, 0.15) is 0 Å². The largest absolute Gasteiger partial charge is 0.384 e. The van der Waals surface area contributed by atoms with Gasteiger partial charge in [0.25, 0.3) is 0 Å². The van der Waals surface area contributed by atoms with Gasteiger partial charge in [-0.2, -0.15) is 5.26 Å². The van der Waals surface area contributed by atoms with Crippen molar-refractivity contribution in [3.8, 4) is 6.07 Å². The van der Waals surface area contributed by atoms with Crippen molar-refractivity contribution >= 4 is 0 Å². The number of methoxy groups -OCH3 is 1. The molecule has 0 aromatic carbocycles. The van der Waals surface area contributed by atoms with Crippen LogP contribution >= 0.6 is 0 Å². The van der Waals surface area contributed by atoms with Crippen LogP contribution < -0.4 is 0 Å². The molecule has 2 fully saturated rings. The zero-order valence-corrected chi connectivity index (χ0v) is 10.2. The van der Waals surface area contributed by atoms with Crippen LogP contribution in [0.2, 0.25) is 0 Å². The number of hydrogen-bond donors (Lipinski definition) is 0. The molecule has 1 heterocycles. The van der Waals surface area contributed by atoms with Crippen molar-refractivity contribution in [3.63, 3.8) is 0 Å². The highest BCUT2D eigenvalue weighted by atomic mass is 16.5. The summed E-state index contributed by atoms with van der Waals surface area (Å²) in [6, 6.07) is 2.34. The van der Waals surface area contributed by atoms with Crippen molar-refractivity contribution < 1.29 is 4.74 Å². The van der Waals surface area contributed by atoms with Gasteiger partial charge in [-0.05, 0) is 50.1 Å².